The fraction of sp³-hybridized carbons (Fsp3) is 0.600. The molecule has 39 valence electrons. The third-order valence-electron chi connectivity index (χ3n) is 0.586. The smallest absolute Gasteiger partial charge is 0.0763 e. The second kappa shape index (κ2) is 4.55. The van der Waals surface area contributed by atoms with Crippen LogP contribution < -0.4 is 0 Å². The van der Waals surface area contributed by atoms with Crippen LogP contribution in [0, 0.1) is 10.8 Å². The molecule has 0 bridgehead atoms. The van der Waals surface area contributed by atoms with Crippen LogP contribution in [0.25, 0.3) is 0 Å². The van der Waals surface area contributed by atoms with Gasteiger partial charge in [-0.3, -0.25) is 0 Å². The molecule has 0 aliphatic heterocycles. The van der Waals surface area contributed by atoms with Crippen molar-refractivity contribution in [2.24, 2.45) is 0 Å². The van der Waals surface area contributed by atoms with E-state index >= 15 is 0 Å². The van der Waals surface area contributed by atoms with Crippen LogP contribution in [0.3, 0.4) is 0 Å². The van der Waals surface area contributed by atoms with Crippen LogP contribution in [0.2, 0.25) is 0 Å². The minimum absolute atomic E-state index is 0.124. The van der Waals surface area contributed by atoms with Gasteiger partial charge in [0.05, 0.1) is 5.25 Å². The summed E-state index contributed by atoms with van der Waals surface area (Å²) in [7, 11) is 0. The van der Waals surface area contributed by atoms with E-state index in [2.05, 4.69) is 26.7 Å². The van der Waals surface area contributed by atoms with Crippen molar-refractivity contribution in [1.29, 1.82) is 0 Å². The van der Waals surface area contributed by atoms with Crippen molar-refractivity contribution < 1.29 is 0 Å². The zero-order chi connectivity index (χ0) is 5.70. The molecule has 2 heteroatoms. The molecule has 0 aromatic carbocycles. The molecule has 0 spiro atoms. The van der Waals surface area contributed by atoms with E-state index in [1.807, 2.05) is 6.92 Å². The normalized spacial score (nSPS) is 11.9. The lowest BCUT2D eigenvalue weighted by Crippen LogP contribution is -1.87. The van der Waals surface area contributed by atoms with E-state index in [9.17, 15) is 0 Å². The minimum atomic E-state index is 0.124. The third-order valence-corrected chi connectivity index (χ3v) is 1.27. The molecule has 0 aromatic rings. The molecule has 0 fully saturated rings. The van der Waals surface area contributed by atoms with E-state index in [0.29, 0.717) is 0 Å². The first-order chi connectivity index (χ1) is 3.31. The predicted octanol–water partition coefficient (Wildman–Crippen LogP) is 2.32. The molecular weight excluding hydrogens is 172 g/mol. The highest BCUT2D eigenvalue weighted by molar-refractivity contribution is 9.12. The molecule has 0 aromatic heterocycles. The summed E-state index contributed by atoms with van der Waals surface area (Å²) in [6, 6.07) is 0. The first-order valence-electron chi connectivity index (χ1n) is 2.08. The van der Waals surface area contributed by atoms with Crippen LogP contribution >= 0.6 is 28.6 Å². The molecule has 0 heterocycles. The molecular formula is C5H6BrS. The number of hydrogen-bond donors (Lipinski definition) is 0. The Hall–Kier alpha value is 0.390. The molecule has 1 atom stereocenters. The van der Waals surface area contributed by atoms with Gasteiger partial charge >= 0.3 is 0 Å². The van der Waals surface area contributed by atoms with Gasteiger partial charge in [0.15, 0.2) is 0 Å². The second-order valence-electron chi connectivity index (χ2n) is 1.14. The predicted molar refractivity (Wildman–Crippen MR) is 38.4 cm³/mol. The van der Waals surface area contributed by atoms with Crippen LogP contribution in [-0.2, 0) is 0 Å². The zero-order valence-electron chi connectivity index (χ0n) is 4.07. The zero-order valence-corrected chi connectivity index (χ0v) is 6.47. The maximum absolute atomic E-state index is 4.83. The summed E-state index contributed by atoms with van der Waals surface area (Å²) in [5.41, 5.74) is 0. The van der Waals surface area contributed by atoms with E-state index < -0.39 is 0 Å². The highest BCUT2D eigenvalue weighted by Crippen LogP contribution is 1.96. The largest absolute Gasteiger partial charge is 0.0767 e. The molecule has 0 rings (SSSR count). The summed E-state index contributed by atoms with van der Waals surface area (Å²) < 4.78 is 0. The Morgan fingerprint density at radius 3 is 2.57 bits per heavy atom. The Morgan fingerprint density at radius 1 is 1.86 bits per heavy atom. The van der Waals surface area contributed by atoms with Gasteiger partial charge in [-0.25, -0.2) is 0 Å². The Bertz CT molecular complexity index is 90.0. The summed E-state index contributed by atoms with van der Waals surface area (Å²) in [5.74, 6) is 2.78. The first kappa shape index (κ1) is 7.39. The Labute approximate surface area is 58.2 Å². The average Bonchev–Trinajstić information content (AvgIpc) is 1.68. The van der Waals surface area contributed by atoms with Gasteiger partial charge in [-0.1, -0.05) is 25.5 Å². The third kappa shape index (κ3) is 4.24. The van der Waals surface area contributed by atoms with Crippen LogP contribution in [0.1, 0.15) is 13.3 Å². The van der Waals surface area contributed by atoms with Crippen molar-refractivity contribution in [1.82, 2.24) is 0 Å². The quantitative estimate of drug-likeness (QED) is 0.540. The van der Waals surface area contributed by atoms with E-state index in [0.717, 1.165) is 6.42 Å². The van der Waals surface area contributed by atoms with E-state index in [1.54, 1.807) is 0 Å². The summed E-state index contributed by atoms with van der Waals surface area (Å²) in [6.45, 7) is 2.02. The lowest BCUT2D eigenvalue weighted by molar-refractivity contribution is 1.01. The molecule has 0 amide bonds. The van der Waals surface area contributed by atoms with Gasteiger partial charge in [-0.15, -0.1) is 0 Å². The van der Waals surface area contributed by atoms with E-state index in [4.69, 9.17) is 12.6 Å². The van der Waals surface area contributed by atoms with Crippen molar-refractivity contribution in [3.05, 3.63) is 0 Å². The minimum Gasteiger partial charge on any atom is -0.0763 e. The maximum Gasteiger partial charge on any atom is 0.0767 e. The van der Waals surface area contributed by atoms with Crippen LogP contribution in [0.5, 0.6) is 0 Å². The van der Waals surface area contributed by atoms with Gasteiger partial charge in [-0.2, -0.15) is 0 Å². The van der Waals surface area contributed by atoms with Crippen molar-refractivity contribution >= 4 is 28.6 Å². The van der Waals surface area contributed by atoms with Crippen molar-refractivity contribution in [2.75, 3.05) is 0 Å². The molecule has 0 saturated carbocycles. The maximum atomic E-state index is 4.83. The SMILES string of the molecule is CCC([S])C#CBr. The molecule has 0 N–H and O–H groups in total. The highest BCUT2D eigenvalue weighted by atomic mass is 79.9. The number of rotatable bonds is 1. The number of halogens is 1. The summed E-state index contributed by atoms with van der Waals surface area (Å²) >= 11 is 7.80. The standard InChI is InChI=1S/C5H6BrS/c1-2-5(7)3-4-6/h5H,2H2,1H3. The van der Waals surface area contributed by atoms with Crippen molar-refractivity contribution in [2.45, 2.75) is 18.6 Å². The molecule has 0 aliphatic carbocycles. The van der Waals surface area contributed by atoms with Gasteiger partial charge in [0, 0.05) is 15.9 Å². The van der Waals surface area contributed by atoms with Crippen molar-refractivity contribution in [3.8, 4) is 10.8 Å². The fourth-order valence-corrected chi connectivity index (χ4v) is 0.650. The van der Waals surface area contributed by atoms with Crippen molar-refractivity contribution in [3.63, 3.8) is 0 Å². The van der Waals surface area contributed by atoms with Crippen LogP contribution in [0.15, 0.2) is 0 Å². The number of hydrogen-bond acceptors (Lipinski definition) is 0. The molecule has 0 aliphatic rings. The molecule has 1 unspecified atom stereocenters. The van der Waals surface area contributed by atoms with Gasteiger partial charge in [0.1, 0.15) is 0 Å². The molecule has 1 radical (unpaired) electrons. The Kier molecular flexibility index (Phi) is 4.80. The van der Waals surface area contributed by atoms with Crippen LogP contribution in [0.4, 0.5) is 0 Å². The topological polar surface area (TPSA) is 0 Å². The van der Waals surface area contributed by atoms with E-state index in [1.165, 1.54) is 0 Å². The Morgan fingerprint density at radius 2 is 2.43 bits per heavy atom. The van der Waals surface area contributed by atoms with Gasteiger partial charge in [0.2, 0.25) is 0 Å². The van der Waals surface area contributed by atoms with E-state index in [-0.39, 0.29) is 5.25 Å². The van der Waals surface area contributed by atoms with Gasteiger partial charge in [-0.05, 0) is 11.3 Å². The fourth-order valence-electron chi connectivity index (χ4n) is 0.163. The van der Waals surface area contributed by atoms with Crippen LogP contribution in [-0.4, -0.2) is 5.25 Å². The lowest BCUT2D eigenvalue weighted by Gasteiger charge is -1.88. The summed E-state index contributed by atoms with van der Waals surface area (Å²) in [4.78, 5) is 2.58. The summed E-state index contributed by atoms with van der Waals surface area (Å²) in [5, 5.41) is 0.124. The summed E-state index contributed by atoms with van der Waals surface area (Å²) in [6.07, 6.45) is 0.952. The average molecular weight is 178 g/mol. The highest BCUT2D eigenvalue weighted by Gasteiger charge is 1.89. The monoisotopic (exact) mass is 177 g/mol. The first-order valence-corrected chi connectivity index (χ1v) is 3.34. The second-order valence-corrected chi connectivity index (χ2v) is 2.10. The Balaban J connectivity index is 3.29. The lowest BCUT2D eigenvalue weighted by atomic mass is 10.3. The van der Waals surface area contributed by atoms with Gasteiger partial charge in [0.25, 0.3) is 0 Å². The molecule has 0 saturated heterocycles. The van der Waals surface area contributed by atoms with Gasteiger partial charge < -0.3 is 0 Å². The molecule has 0 nitrogen and oxygen atoms in total. The molecule has 7 heavy (non-hydrogen) atoms.